The van der Waals surface area contributed by atoms with E-state index in [1.54, 1.807) is 6.07 Å². The number of imide groups is 1. The minimum Gasteiger partial charge on any atom is -0.472 e. The van der Waals surface area contributed by atoms with Crippen molar-refractivity contribution in [1.82, 2.24) is 10.2 Å². The average Bonchev–Trinajstić information content (AvgIpc) is 2.98. The summed E-state index contributed by atoms with van der Waals surface area (Å²) in [6.07, 6.45) is 5.27. The zero-order valence-electron chi connectivity index (χ0n) is 10.1. The van der Waals surface area contributed by atoms with Crippen LogP contribution in [0, 0.1) is 5.41 Å². The molecule has 0 aromatic carbocycles. The van der Waals surface area contributed by atoms with Gasteiger partial charge in [-0.25, -0.2) is 0 Å². The lowest BCUT2D eigenvalue weighted by atomic mass is 9.78. The molecule has 1 N–H and O–H groups in total. The maximum absolute atomic E-state index is 12.2. The van der Waals surface area contributed by atoms with Gasteiger partial charge in [0.1, 0.15) is 6.26 Å². The summed E-state index contributed by atoms with van der Waals surface area (Å²) in [7, 11) is 0. The summed E-state index contributed by atoms with van der Waals surface area (Å²) in [5.41, 5.74) is 0.455. The highest BCUT2D eigenvalue weighted by atomic mass is 16.3. The van der Waals surface area contributed by atoms with Crippen molar-refractivity contribution in [2.75, 3.05) is 19.6 Å². The minimum atomic E-state index is -0.232. The number of nitrogens with zero attached hydrogens (tertiary/aromatic N) is 1. The van der Waals surface area contributed by atoms with Gasteiger partial charge in [0, 0.05) is 13.0 Å². The SMILES string of the molecule is O=C1CC2(CCNCC2)CN1C(=O)c1ccoc1. The predicted octanol–water partition coefficient (Wildman–Crippen LogP) is 1.02. The maximum Gasteiger partial charge on any atom is 0.263 e. The second-order valence-corrected chi connectivity index (χ2v) is 5.22. The Morgan fingerprint density at radius 3 is 2.83 bits per heavy atom. The standard InChI is InChI=1S/C13H16N2O3/c16-11-7-13(2-4-14-5-3-13)9-15(11)12(17)10-1-6-18-8-10/h1,6,8,14H,2-5,7,9H2. The number of hydrogen-bond donors (Lipinski definition) is 1. The van der Waals surface area contributed by atoms with Crippen molar-refractivity contribution in [3.63, 3.8) is 0 Å². The molecule has 1 spiro atoms. The van der Waals surface area contributed by atoms with Crippen molar-refractivity contribution >= 4 is 11.8 Å². The van der Waals surface area contributed by atoms with E-state index in [1.165, 1.54) is 17.4 Å². The van der Waals surface area contributed by atoms with Crippen molar-refractivity contribution in [3.05, 3.63) is 24.2 Å². The lowest BCUT2D eigenvalue weighted by molar-refractivity contribution is -0.125. The van der Waals surface area contributed by atoms with Crippen molar-refractivity contribution < 1.29 is 14.0 Å². The van der Waals surface area contributed by atoms with E-state index in [1.807, 2.05) is 0 Å². The number of carbonyl (C=O) groups is 2. The van der Waals surface area contributed by atoms with Gasteiger partial charge >= 0.3 is 0 Å². The Hall–Kier alpha value is -1.62. The average molecular weight is 248 g/mol. The Kier molecular flexibility index (Phi) is 2.70. The molecule has 5 nitrogen and oxygen atoms in total. The second-order valence-electron chi connectivity index (χ2n) is 5.22. The van der Waals surface area contributed by atoms with Crippen LogP contribution in [0.15, 0.2) is 23.0 Å². The van der Waals surface area contributed by atoms with Crippen LogP contribution in [0.3, 0.4) is 0 Å². The number of piperidine rings is 1. The van der Waals surface area contributed by atoms with Gasteiger partial charge in [0.15, 0.2) is 0 Å². The van der Waals surface area contributed by atoms with E-state index in [-0.39, 0.29) is 17.2 Å². The zero-order chi connectivity index (χ0) is 12.6. The fourth-order valence-corrected chi connectivity index (χ4v) is 2.91. The van der Waals surface area contributed by atoms with Crippen LogP contribution in [0.1, 0.15) is 29.6 Å². The van der Waals surface area contributed by atoms with Gasteiger partial charge in [0.2, 0.25) is 5.91 Å². The highest BCUT2D eigenvalue weighted by Gasteiger charge is 2.45. The zero-order valence-corrected chi connectivity index (χ0v) is 10.1. The molecular formula is C13H16N2O3. The fraction of sp³-hybridized carbons (Fsp3) is 0.538. The molecule has 1 aromatic rings. The first kappa shape index (κ1) is 11.5. The highest BCUT2D eigenvalue weighted by molar-refractivity contribution is 6.05. The molecule has 3 heterocycles. The second kappa shape index (κ2) is 4.24. The van der Waals surface area contributed by atoms with Crippen LogP contribution in [-0.2, 0) is 4.79 Å². The maximum atomic E-state index is 12.2. The molecule has 3 rings (SSSR count). The molecule has 2 amide bonds. The molecule has 2 saturated heterocycles. The van der Waals surface area contributed by atoms with E-state index >= 15 is 0 Å². The van der Waals surface area contributed by atoms with Crippen LogP contribution >= 0.6 is 0 Å². The lowest BCUT2D eigenvalue weighted by Gasteiger charge is -2.32. The third-order valence-corrected chi connectivity index (χ3v) is 4.00. The van der Waals surface area contributed by atoms with Gasteiger partial charge in [-0.1, -0.05) is 0 Å². The van der Waals surface area contributed by atoms with Crippen molar-refractivity contribution in [2.24, 2.45) is 5.41 Å². The number of likely N-dealkylation sites (tertiary alicyclic amines) is 1. The van der Waals surface area contributed by atoms with Crippen LogP contribution in [0.4, 0.5) is 0 Å². The van der Waals surface area contributed by atoms with Crippen LogP contribution < -0.4 is 5.32 Å². The van der Waals surface area contributed by atoms with Gasteiger partial charge in [-0.3, -0.25) is 14.5 Å². The van der Waals surface area contributed by atoms with Crippen molar-refractivity contribution in [2.45, 2.75) is 19.3 Å². The Labute approximate surface area is 105 Å². The summed E-state index contributed by atoms with van der Waals surface area (Å²) in [6, 6.07) is 1.60. The van der Waals surface area contributed by atoms with Gasteiger partial charge in [0.05, 0.1) is 11.8 Å². The van der Waals surface area contributed by atoms with Gasteiger partial charge in [0.25, 0.3) is 5.91 Å². The lowest BCUT2D eigenvalue weighted by Crippen LogP contribution is -2.40. The third kappa shape index (κ3) is 1.84. The summed E-state index contributed by atoms with van der Waals surface area (Å²) in [5.74, 6) is -0.285. The summed E-state index contributed by atoms with van der Waals surface area (Å²) < 4.78 is 4.90. The van der Waals surface area contributed by atoms with Gasteiger partial charge in [-0.15, -0.1) is 0 Å². The number of nitrogens with one attached hydrogen (secondary N) is 1. The van der Waals surface area contributed by atoms with E-state index in [0.717, 1.165) is 25.9 Å². The van der Waals surface area contributed by atoms with Gasteiger partial charge in [-0.2, -0.15) is 0 Å². The van der Waals surface area contributed by atoms with Crippen LogP contribution in [0.5, 0.6) is 0 Å². The molecule has 0 radical (unpaired) electrons. The molecule has 0 bridgehead atoms. The largest absolute Gasteiger partial charge is 0.472 e. The Morgan fingerprint density at radius 2 is 2.17 bits per heavy atom. The molecule has 2 aliphatic heterocycles. The summed E-state index contributed by atoms with van der Waals surface area (Å²) >= 11 is 0. The van der Waals surface area contributed by atoms with Crippen molar-refractivity contribution in [1.29, 1.82) is 0 Å². The first-order valence-electron chi connectivity index (χ1n) is 6.28. The predicted molar refractivity (Wildman–Crippen MR) is 63.9 cm³/mol. The molecule has 0 aliphatic carbocycles. The number of furan rings is 1. The Balaban J connectivity index is 1.78. The molecule has 1 aromatic heterocycles. The molecule has 5 heteroatoms. The van der Waals surface area contributed by atoms with E-state index in [9.17, 15) is 9.59 Å². The third-order valence-electron chi connectivity index (χ3n) is 4.00. The monoisotopic (exact) mass is 248 g/mol. The van der Waals surface area contributed by atoms with E-state index in [0.29, 0.717) is 18.5 Å². The molecule has 0 saturated carbocycles. The number of carbonyl (C=O) groups excluding carboxylic acids is 2. The van der Waals surface area contributed by atoms with Crippen LogP contribution in [0.2, 0.25) is 0 Å². The molecule has 2 aliphatic rings. The summed E-state index contributed by atoms with van der Waals surface area (Å²) in [4.78, 5) is 25.6. The quantitative estimate of drug-likeness (QED) is 0.754. The first-order valence-corrected chi connectivity index (χ1v) is 6.28. The number of amides is 2. The number of rotatable bonds is 1. The van der Waals surface area contributed by atoms with Crippen LogP contribution in [-0.4, -0.2) is 36.3 Å². The van der Waals surface area contributed by atoms with E-state index in [4.69, 9.17) is 4.42 Å². The van der Waals surface area contributed by atoms with Gasteiger partial charge in [-0.05, 0) is 37.4 Å². The van der Waals surface area contributed by atoms with E-state index < -0.39 is 0 Å². The molecule has 2 fully saturated rings. The summed E-state index contributed by atoms with van der Waals surface area (Å²) in [5, 5.41) is 3.29. The smallest absolute Gasteiger partial charge is 0.263 e. The van der Waals surface area contributed by atoms with Crippen molar-refractivity contribution in [3.8, 4) is 0 Å². The van der Waals surface area contributed by atoms with Gasteiger partial charge < -0.3 is 9.73 Å². The molecule has 0 unspecified atom stereocenters. The molecular weight excluding hydrogens is 232 g/mol. The molecule has 96 valence electrons. The highest BCUT2D eigenvalue weighted by Crippen LogP contribution is 2.39. The minimum absolute atomic E-state index is 0.00172. The summed E-state index contributed by atoms with van der Waals surface area (Å²) in [6.45, 7) is 2.42. The number of hydrogen-bond acceptors (Lipinski definition) is 4. The Morgan fingerprint density at radius 1 is 1.39 bits per heavy atom. The normalized spacial score (nSPS) is 22.7. The van der Waals surface area contributed by atoms with E-state index in [2.05, 4.69) is 5.32 Å². The fourth-order valence-electron chi connectivity index (χ4n) is 2.91. The van der Waals surface area contributed by atoms with Crippen LogP contribution in [0.25, 0.3) is 0 Å². The molecule has 18 heavy (non-hydrogen) atoms. The topological polar surface area (TPSA) is 62.6 Å². The Bertz CT molecular complexity index is 461. The molecule has 0 atom stereocenters. The first-order chi connectivity index (χ1) is 8.70.